The summed E-state index contributed by atoms with van der Waals surface area (Å²) in [7, 11) is 0. The lowest BCUT2D eigenvalue weighted by molar-refractivity contribution is -0.279. The van der Waals surface area contributed by atoms with Crippen LogP contribution in [0.2, 0.25) is 0 Å². The molecule has 3 saturated heterocycles. The largest absolute Gasteiger partial charge is 0.396 e. The third kappa shape index (κ3) is 22.3. The highest BCUT2D eigenvalue weighted by atomic mass is 16.6. The third-order valence-corrected chi connectivity index (χ3v) is 18.8. The highest BCUT2D eigenvalue weighted by molar-refractivity contribution is 5.73. The molecule has 15 atom stereocenters. The Balaban J connectivity index is 1.04. The summed E-state index contributed by atoms with van der Waals surface area (Å²) in [5, 5.41) is 26.5. The summed E-state index contributed by atoms with van der Waals surface area (Å²) in [5.41, 5.74) is 6.98. The van der Waals surface area contributed by atoms with E-state index in [0.717, 1.165) is 90.3 Å². The molecule has 0 spiro atoms. The number of hydrogen-bond acceptors (Lipinski definition) is 13. The molecular weight excluding hydrogens is 1190 g/mol. The van der Waals surface area contributed by atoms with E-state index >= 15 is 0 Å². The highest BCUT2D eigenvalue weighted by Gasteiger charge is 2.55. The number of carbonyl (C=O) groups is 1. The van der Waals surface area contributed by atoms with Crippen LogP contribution >= 0.6 is 0 Å². The zero-order chi connectivity index (χ0) is 65.7. The molecule has 1 amide bonds. The van der Waals surface area contributed by atoms with Gasteiger partial charge in [0.15, 0.2) is 0 Å². The van der Waals surface area contributed by atoms with Crippen molar-refractivity contribution in [3.8, 4) is 0 Å². The molecule has 0 aromatic heterocycles. The maximum Gasteiger partial charge on any atom is 0.217 e. The van der Waals surface area contributed by atoms with Crippen molar-refractivity contribution in [2.45, 2.75) is 210 Å². The Hall–Kier alpha value is -6.47. The van der Waals surface area contributed by atoms with Crippen LogP contribution in [-0.2, 0) is 98.4 Å². The zero-order valence-corrected chi connectivity index (χ0v) is 55.6. The van der Waals surface area contributed by atoms with Crippen LogP contribution in [0.25, 0.3) is 0 Å². The number of benzene rings is 7. The molecule has 95 heavy (non-hydrogen) atoms. The van der Waals surface area contributed by atoms with Gasteiger partial charge in [0.1, 0.15) is 30.5 Å². The van der Waals surface area contributed by atoms with Crippen LogP contribution in [0, 0.1) is 11.8 Å². The molecule has 14 nitrogen and oxygen atoms in total. The molecule has 0 aliphatic carbocycles. The van der Waals surface area contributed by atoms with E-state index in [9.17, 15) is 15.0 Å². The first-order valence-electron chi connectivity index (χ1n) is 34.8. The van der Waals surface area contributed by atoms with Gasteiger partial charge in [0.2, 0.25) is 5.91 Å². The maximum absolute atomic E-state index is 13.8. The summed E-state index contributed by atoms with van der Waals surface area (Å²) in [6.07, 6.45) is 1.35. The van der Waals surface area contributed by atoms with Crippen molar-refractivity contribution in [2.24, 2.45) is 11.8 Å². The van der Waals surface area contributed by atoms with E-state index in [1.807, 2.05) is 159 Å². The van der Waals surface area contributed by atoms with Gasteiger partial charge in [-0.05, 0) is 71.6 Å². The van der Waals surface area contributed by atoms with Gasteiger partial charge in [-0.15, -0.1) is 0 Å². The Morgan fingerprint density at radius 1 is 0.379 bits per heavy atom. The van der Waals surface area contributed by atoms with Crippen molar-refractivity contribution in [1.29, 1.82) is 0 Å². The Kier molecular flexibility index (Phi) is 29.3. The van der Waals surface area contributed by atoms with E-state index in [4.69, 9.17) is 47.4 Å². The molecule has 3 fully saturated rings. The number of ether oxygens (including phenoxy) is 10. The lowest BCUT2D eigenvalue weighted by Crippen LogP contribution is -2.65. The van der Waals surface area contributed by atoms with Gasteiger partial charge >= 0.3 is 0 Å². The van der Waals surface area contributed by atoms with Crippen molar-refractivity contribution < 1.29 is 62.4 Å². The van der Waals surface area contributed by atoms with Crippen LogP contribution in [0.5, 0.6) is 0 Å². The molecule has 508 valence electrons. The summed E-state index contributed by atoms with van der Waals surface area (Å²) in [6.45, 7) is 6.21. The van der Waals surface area contributed by atoms with Gasteiger partial charge in [0.05, 0.1) is 108 Å². The molecule has 3 heterocycles. The van der Waals surface area contributed by atoms with Gasteiger partial charge in [-0.1, -0.05) is 257 Å². The van der Waals surface area contributed by atoms with Crippen LogP contribution in [0.4, 0.5) is 0 Å². The minimum atomic E-state index is -1.14. The number of carbonyl (C=O) groups excluding carboxylic acids is 1. The number of aliphatic hydroxyl groups excluding tert-OH is 2. The van der Waals surface area contributed by atoms with E-state index < -0.39 is 91.1 Å². The van der Waals surface area contributed by atoms with Gasteiger partial charge in [-0.2, -0.15) is 0 Å². The zero-order valence-electron chi connectivity index (χ0n) is 55.6. The van der Waals surface area contributed by atoms with Gasteiger partial charge in [0, 0.05) is 25.4 Å². The molecule has 0 saturated carbocycles. The normalized spacial score (nSPS) is 26.0. The van der Waals surface area contributed by atoms with Crippen molar-refractivity contribution in [3.05, 3.63) is 251 Å². The molecule has 0 radical (unpaired) electrons. The topological polar surface area (TPSA) is 162 Å². The SMILES string of the molecule is CC(=O)N[C@@H]1[C@@H](OCc2ccccc2)[C@H](C[C@@H]2O[C@H](COCc3ccccc3)[C@H](OCc3ccccc3)[C@H](O)[C@H]2C[C@@H]2O[C@@H](C)[C@@H](OCc3ccccc3)[C@@H](OCc3ccccc3)[C@@H]2OCc2ccccc2)[C@@H](COCc2ccccc2)O[C@H]1CCCCCCCCCCO. The van der Waals surface area contributed by atoms with Crippen molar-refractivity contribution in [1.82, 2.24) is 5.32 Å². The van der Waals surface area contributed by atoms with Crippen molar-refractivity contribution >= 4 is 5.91 Å². The summed E-state index contributed by atoms with van der Waals surface area (Å²) in [4.78, 5) is 13.8. The average molecular weight is 1300 g/mol. The number of aliphatic hydroxyl groups is 2. The number of unbranched alkanes of at least 4 members (excludes halogenated alkanes) is 7. The van der Waals surface area contributed by atoms with E-state index in [1.165, 1.54) is 0 Å². The van der Waals surface area contributed by atoms with Crippen molar-refractivity contribution in [3.63, 3.8) is 0 Å². The molecule has 7 aromatic rings. The monoisotopic (exact) mass is 1300 g/mol. The fraction of sp³-hybridized carbons (Fsp3) is 0.469. The Bertz CT molecular complexity index is 3180. The molecule has 3 N–H and O–H groups in total. The number of amides is 1. The van der Waals surface area contributed by atoms with E-state index in [0.29, 0.717) is 39.3 Å². The fourth-order valence-corrected chi connectivity index (χ4v) is 13.9. The summed E-state index contributed by atoms with van der Waals surface area (Å²) in [6, 6.07) is 70.2. The van der Waals surface area contributed by atoms with Crippen LogP contribution < -0.4 is 5.32 Å². The van der Waals surface area contributed by atoms with Crippen LogP contribution in [0.15, 0.2) is 212 Å². The quantitative estimate of drug-likeness (QED) is 0.0314. The Labute approximate surface area is 563 Å². The van der Waals surface area contributed by atoms with Gasteiger partial charge in [0.25, 0.3) is 0 Å². The van der Waals surface area contributed by atoms with E-state index in [-0.39, 0.29) is 52.0 Å². The second kappa shape index (κ2) is 39.1. The minimum Gasteiger partial charge on any atom is -0.396 e. The van der Waals surface area contributed by atoms with Gasteiger partial charge in [-0.25, -0.2) is 0 Å². The molecule has 0 bridgehead atoms. The lowest BCUT2D eigenvalue weighted by atomic mass is 9.74. The first-order valence-corrected chi connectivity index (χ1v) is 34.8. The van der Waals surface area contributed by atoms with Crippen LogP contribution in [0.3, 0.4) is 0 Å². The molecule has 0 unspecified atom stereocenters. The summed E-state index contributed by atoms with van der Waals surface area (Å²) < 4.78 is 71.6. The molecule has 3 aliphatic heterocycles. The van der Waals surface area contributed by atoms with Crippen LogP contribution in [-0.4, -0.2) is 115 Å². The lowest BCUT2D eigenvalue weighted by Gasteiger charge is -2.52. The predicted octanol–water partition coefficient (Wildman–Crippen LogP) is 14.1. The van der Waals surface area contributed by atoms with E-state index in [1.54, 1.807) is 6.92 Å². The Morgan fingerprint density at radius 2 is 0.737 bits per heavy atom. The van der Waals surface area contributed by atoms with Crippen LogP contribution in [0.1, 0.15) is 123 Å². The molecule has 3 aliphatic rings. The molecule has 10 rings (SSSR count). The third-order valence-electron chi connectivity index (χ3n) is 18.8. The first kappa shape index (κ1) is 71.3. The number of nitrogens with one attached hydrogen (secondary N) is 1. The highest BCUT2D eigenvalue weighted by Crippen LogP contribution is 2.43. The minimum absolute atomic E-state index is 0.113. The first-order chi connectivity index (χ1) is 46.8. The summed E-state index contributed by atoms with van der Waals surface area (Å²) in [5.74, 6) is -1.32. The smallest absolute Gasteiger partial charge is 0.217 e. The average Bonchev–Trinajstić information content (AvgIpc) is 0.783. The second-order valence-corrected chi connectivity index (χ2v) is 26.0. The van der Waals surface area contributed by atoms with E-state index in [2.05, 4.69) is 66.0 Å². The second-order valence-electron chi connectivity index (χ2n) is 26.0. The number of rotatable bonds is 38. The summed E-state index contributed by atoms with van der Waals surface area (Å²) >= 11 is 0. The molecule has 7 aromatic carbocycles. The Morgan fingerprint density at radius 3 is 1.18 bits per heavy atom. The standard InChI is InChI=1S/C81H101NO13/c1-59-77(88-52-63-36-20-11-21-37-63)81(92-56-67-44-28-15-29-45-67)80(91-55-66-42-26-14-27-43-66)72(93-59)48-68-71(95-74(58-87-51-62-34-18-10-19-35-62)79(76(68)85)90-54-65-40-24-13-25-41-65)49-69-73(57-86-50-61-32-16-9-17-33-61)94-70(46-30-7-5-3-4-6-8-31-47-83)75(82-60(2)84)78(69)89-53-64-38-22-12-23-39-64/h9-29,32-45,59,68-81,83,85H,3-8,30-31,46-58H2,1-2H3,(H,82,84)/t59-,68-,69+,70-,71-,72-,73+,74+,75-,76+,77+,78-,79-,80+,81+/m0/s1. The van der Waals surface area contributed by atoms with Gasteiger partial charge < -0.3 is 62.9 Å². The fourth-order valence-electron chi connectivity index (χ4n) is 13.9. The van der Waals surface area contributed by atoms with Gasteiger partial charge in [-0.3, -0.25) is 4.79 Å². The predicted molar refractivity (Wildman–Crippen MR) is 367 cm³/mol. The maximum atomic E-state index is 13.8. The molecular formula is C81H101NO13. The number of hydrogen-bond donors (Lipinski definition) is 3. The molecule has 14 heteroatoms. The van der Waals surface area contributed by atoms with Crippen molar-refractivity contribution in [2.75, 3.05) is 19.8 Å².